The number of carboxylic acid groups (broad SMARTS) is 1. The van der Waals surface area contributed by atoms with Crippen LogP contribution in [0.15, 0.2) is 22.7 Å². The van der Waals surface area contributed by atoms with Crippen LogP contribution in [0, 0.1) is 0 Å². The van der Waals surface area contributed by atoms with Crippen LogP contribution in [0.25, 0.3) is 0 Å². The molecule has 0 saturated carbocycles. The molecule has 0 radical (unpaired) electrons. The standard InChI is InChI=1S/C7H5BrO3.Li.H/c8-4-1-2-6(9)5(3-4)7(10)11;;/h1-3,9H,(H,10,11);;. The molecule has 1 aromatic carbocycles. The van der Waals surface area contributed by atoms with Crippen molar-refractivity contribution in [2.75, 3.05) is 0 Å². The molecule has 5 heteroatoms. The summed E-state index contributed by atoms with van der Waals surface area (Å²) in [5, 5.41) is 17.5. The number of aromatic hydroxyl groups is 1. The second-order valence-corrected chi connectivity index (χ2v) is 2.88. The average Bonchev–Trinajstić information content (AvgIpc) is 1.94. The molecule has 0 fully saturated rings. The average molecular weight is 225 g/mol. The summed E-state index contributed by atoms with van der Waals surface area (Å²) in [5.41, 5.74) is -0.0978. The van der Waals surface area contributed by atoms with E-state index in [-0.39, 0.29) is 30.2 Å². The van der Waals surface area contributed by atoms with Crippen molar-refractivity contribution >= 4 is 40.8 Å². The first-order valence-corrected chi connectivity index (χ1v) is 3.62. The summed E-state index contributed by atoms with van der Waals surface area (Å²) in [7, 11) is 0. The summed E-state index contributed by atoms with van der Waals surface area (Å²) in [6.45, 7) is 0. The Kier molecular flexibility index (Phi) is 4.39. The van der Waals surface area contributed by atoms with Gasteiger partial charge in [-0.1, -0.05) is 15.9 Å². The van der Waals surface area contributed by atoms with E-state index in [1.807, 2.05) is 0 Å². The van der Waals surface area contributed by atoms with E-state index in [0.717, 1.165) is 0 Å². The third-order valence-electron chi connectivity index (χ3n) is 1.19. The molecule has 0 atom stereocenters. The van der Waals surface area contributed by atoms with Crippen LogP contribution in [0.1, 0.15) is 10.4 Å². The van der Waals surface area contributed by atoms with Gasteiger partial charge < -0.3 is 10.2 Å². The molecular formula is C7H6BrLiO3. The first-order valence-electron chi connectivity index (χ1n) is 2.83. The number of hydrogen-bond donors (Lipinski definition) is 2. The van der Waals surface area contributed by atoms with Crippen molar-refractivity contribution in [1.82, 2.24) is 0 Å². The minimum atomic E-state index is -1.14. The van der Waals surface area contributed by atoms with E-state index in [1.165, 1.54) is 12.1 Å². The van der Waals surface area contributed by atoms with Crippen LogP contribution in [-0.2, 0) is 0 Å². The summed E-state index contributed by atoms with van der Waals surface area (Å²) in [4.78, 5) is 10.4. The van der Waals surface area contributed by atoms with E-state index in [9.17, 15) is 4.79 Å². The van der Waals surface area contributed by atoms with Gasteiger partial charge in [0, 0.05) is 4.47 Å². The predicted molar refractivity (Wildman–Crippen MR) is 49.9 cm³/mol. The minimum absolute atomic E-state index is 0. The van der Waals surface area contributed by atoms with Crippen LogP contribution < -0.4 is 0 Å². The number of phenols is 1. The van der Waals surface area contributed by atoms with Crippen molar-refractivity contribution in [2.24, 2.45) is 0 Å². The third-order valence-corrected chi connectivity index (χ3v) is 1.68. The third kappa shape index (κ3) is 2.56. The number of aromatic carboxylic acids is 1. The van der Waals surface area contributed by atoms with Gasteiger partial charge in [-0.15, -0.1) is 0 Å². The van der Waals surface area contributed by atoms with E-state index in [2.05, 4.69) is 15.9 Å². The van der Waals surface area contributed by atoms with Crippen molar-refractivity contribution in [3.8, 4) is 5.75 Å². The first kappa shape index (κ1) is 11.6. The fourth-order valence-corrected chi connectivity index (χ4v) is 1.04. The van der Waals surface area contributed by atoms with E-state index < -0.39 is 5.97 Å². The van der Waals surface area contributed by atoms with Gasteiger partial charge in [0.2, 0.25) is 0 Å². The summed E-state index contributed by atoms with van der Waals surface area (Å²) in [6, 6.07) is 4.24. The maximum absolute atomic E-state index is 10.4. The zero-order valence-electron chi connectivity index (χ0n) is 5.41. The summed E-state index contributed by atoms with van der Waals surface area (Å²) < 4.78 is 0.632. The molecule has 60 valence electrons. The van der Waals surface area contributed by atoms with E-state index in [1.54, 1.807) is 6.07 Å². The number of benzene rings is 1. The molecule has 0 heterocycles. The summed E-state index contributed by atoms with van der Waals surface area (Å²) in [5.74, 6) is -1.36. The Balaban J connectivity index is 0.00000121. The second kappa shape index (κ2) is 4.56. The molecule has 0 unspecified atom stereocenters. The fraction of sp³-hybridized carbons (Fsp3) is 0. The molecule has 0 amide bonds. The van der Waals surface area contributed by atoms with Gasteiger partial charge in [0.05, 0.1) is 0 Å². The van der Waals surface area contributed by atoms with Gasteiger partial charge in [0.15, 0.2) is 0 Å². The molecule has 12 heavy (non-hydrogen) atoms. The second-order valence-electron chi connectivity index (χ2n) is 1.97. The fourth-order valence-electron chi connectivity index (χ4n) is 0.680. The molecular weight excluding hydrogens is 219 g/mol. The number of hydrogen-bond acceptors (Lipinski definition) is 2. The number of carbonyl (C=O) groups is 1. The molecule has 1 aromatic rings. The molecule has 0 aliphatic heterocycles. The van der Waals surface area contributed by atoms with Crippen LogP contribution in [0.5, 0.6) is 5.75 Å². The predicted octanol–water partition coefficient (Wildman–Crippen LogP) is 1.20. The molecule has 0 aliphatic rings. The molecule has 0 aromatic heterocycles. The van der Waals surface area contributed by atoms with E-state index in [4.69, 9.17) is 10.2 Å². The van der Waals surface area contributed by atoms with Crippen LogP contribution >= 0.6 is 15.9 Å². The van der Waals surface area contributed by atoms with Gasteiger partial charge in [0.25, 0.3) is 0 Å². The van der Waals surface area contributed by atoms with Crippen molar-refractivity contribution in [2.45, 2.75) is 0 Å². The van der Waals surface area contributed by atoms with Crippen LogP contribution in [-0.4, -0.2) is 35.0 Å². The van der Waals surface area contributed by atoms with E-state index >= 15 is 0 Å². The monoisotopic (exact) mass is 224 g/mol. The Bertz CT molecular complexity index is 301. The Morgan fingerprint density at radius 1 is 1.42 bits per heavy atom. The molecule has 0 saturated heterocycles. The Morgan fingerprint density at radius 2 is 2.00 bits per heavy atom. The van der Waals surface area contributed by atoms with Gasteiger partial charge in [-0.05, 0) is 18.2 Å². The zero-order valence-corrected chi connectivity index (χ0v) is 7.00. The molecule has 2 N–H and O–H groups in total. The van der Waals surface area contributed by atoms with Gasteiger partial charge in [0.1, 0.15) is 11.3 Å². The van der Waals surface area contributed by atoms with Crippen LogP contribution in [0.3, 0.4) is 0 Å². The van der Waals surface area contributed by atoms with Crippen LogP contribution in [0.2, 0.25) is 0 Å². The molecule has 0 bridgehead atoms. The van der Waals surface area contributed by atoms with E-state index in [0.29, 0.717) is 4.47 Å². The first-order chi connectivity index (χ1) is 5.11. The van der Waals surface area contributed by atoms with Gasteiger partial charge in [-0.25, -0.2) is 4.79 Å². The van der Waals surface area contributed by atoms with Gasteiger partial charge in [-0.2, -0.15) is 0 Å². The topological polar surface area (TPSA) is 57.5 Å². The SMILES string of the molecule is O=C(O)c1cc(Br)ccc1O.[LiH]. The quantitative estimate of drug-likeness (QED) is 0.706. The van der Waals surface area contributed by atoms with Gasteiger partial charge in [-0.3, -0.25) is 0 Å². The number of rotatable bonds is 1. The molecule has 1 rings (SSSR count). The zero-order chi connectivity index (χ0) is 8.43. The van der Waals surface area contributed by atoms with Crippen molar-refractivity contribution in [1.29, 1.82) is 0 Å². The maximum atomic E-state index is 10.4. The number of carboxylic acids is 1. The van der Waals surface area contributed by atoms with Crippen molar-refractivity contribution in [3.63, 3.8) is 0 Å². The molecule has 0 aliphatic carbocycles. The summed E-state index contributed by atoms with van der Waals surface area (Å²) in [6.07, 6.45) is 0. The normalized spacial score (nSPS) is 8.75. The number of halogens is 1. The van der Waals surface area contributed by atoms with Crippen molar-refractivity contribution in [3.05, 3.63) is 28.2 Å². The Hall–Kier alpha value is -0.433. The van der Waals surface area contributed by atoms with Gasteiger partial charge >= 0.3 is 24.8 Å². The molecule has 0 spiro atoms. The van der Waals surface area contributed by atoms with Crippen molar-refractivity contribution < 1.29 is 15.0 Å². The molecule has 3 nitrogen and oxygen atoms in total. The Labute approximate surface area is 89.7 Å². The summed E-state index contributed by atoms with van der Waals surface area (Å²) >= 11 is 3.09. The Morgan fingerprint density at radius 3 is 2.42 bits per heavy atom. The van der Waals surface area contributed by atoms with Crippen LogP contribution in [0.4, 0.5) is 0 Å².